The maximum atomic E-state index is 3.95. The zero-order chi connectivity index (χ0) is 23.5. The van der Waals surface area contributed by atoms with Crippen LogP contribution in [0.1, 0.15) is 50.3 Å². The molecule has 0 amide bonds. The van der Waals surface area contributed by atoms with Gasteiger partial charge in [-0.25, -0.2) is 0 Å². The van der Waals surface area contributed by atoms with Crippen molar-refractivity contribution in [3.05, 3.63) is 108 Å². The number of anilines is 1. The predicted molar refractivity (Wildman–Crippen MR) is 147 cm³/mol. The van der Waals surface area contributed by atoms with Gasteiger partial charge in [0.15, 0.2) is 0 Å². The number of rotatable bonds is 9. The van der Waals surface area contributed by atoms with E-state index >= 15 is 0 Å². The van der Waals surface area contributed by atoms with Crippen molar-refractivity contribution in [2.75, 3.05) is 24.5 Å². The molecule has 33 heavy (non-hydrogen) atoms. The second-order valence-electron chi connectivity index (χ2n) is 8.62. The highest BCUT2D eigenvalue weighted by Gasteiger charge is 2.19. The summed E-state index contributed by atoms with van der Waals surface area (Å²) < 4.78 is 0. The molecular weight excluding hydrogens is 400 g/mol. The van der Waals surface area contributed by atoms with Gasteiger partial charge in [-0.05, 0) is 73.6 Å². The maximum absolute atomic E-state index is 3.95. The highest BCUT2D eigenvalue weighted by molar-refractivity contribution is 5.83. The van der Waals surface area contributed by atoms with Crippen molar-refractivity contribution in [1.29, 1.82) is 0 Å². The lowest BCUT2D eigenvalue weighted by Crippen LogP contribution is -2.43. The summed E-state index contributed by atoms with van der Waals surface area (Å²) in [5.74, 6) is 0. The Balaban J connectivity index is 1.62. The quantitative estimate of drug-likeness (QED) is 0.321. The van der Waals surface area contributed by atoms with E-state index in [2.05, 4.69) is 123 Å². The summed E-state index contributed by atoms with van der Waals surface area (Å²) in [7, 11) is 0. The zero-order valence-corrected chi connectivity index (χ0v) is 20.4. The number of allylic oxidation sites excluding steroid dienone is 5. The fourth-order valence-electron chi connectivity index (χ4n) is 4.30. The first kappa shape index (κ1) is 24.5. The van der Waals surface area contributed by atoms with Crippen LogP contribution in [-0.4, -0.2) is 25.7 Å². The summed E-state index contributed by atoms with van der Waals surface area (Å²) in [5, 5.41) is 3.76. The Kier molecular flexibility index (Phi) is 9.53. The Morgan fingerprint density at radius 1 is 1.03 bits per heavy atom. The van der Waals surface area contributed by atoms with Crippen LogP contribution in [0, 0.1) is 0 Å². The van der Waals surface area contributed by atoms with Crippen LogP contribution in [0.15, 0.2) is 91.1 Å². The van der Waals surface area contributed by atoms with E-state index in [1.54, 1.807) is 0 Å². The minimum atomic E-state index is 0.570. The average Bonchev–Trinajstić information content (AvgIpc) is 2.86. The summed E-state index contributed by atoms with van der Waals surface area (Å²) in [4.78, 5) is 2.52. The minimum Gasteiger partial charge on any atom is -0.371 e. The lowest BCUT2D eigenvalue weighted by molar-refractivity contribution is 0.428. The van der Waals surface area contributed by atoms with Crippen LogP contribution in [0.2, 0.25) is 0 Å². The van der Waals surface area contributed by atoms with Gasteiger partial charge in [0, 0.05) is 31.4 Å². The molecule has 1 aliphatic heterocycles. The lowest BCUT2D eigenvalue weighted by Gasteiger charge is -2.34. The van der Waals surface area contributed by atoms with Crippen LogP contribution in [0.5, 0.6) is 0 Å². The molecule has 2 aromatic carbocycles. The molecule has 0 bridgehead atoms. The molecule has 3 rings (SSSR count). The second-order valence-corrected chi connectivity index (χ2v) is 8.62. The van der Waals surface area contributed by atoms with E-state index in [1.807, 2.05) is 6.08 Å². The summed E-state index contributed by atoms with van der Waals surface area (Å²) in [6.45, 7) is 13.4. The first-order valence-corrected chi connectivity index (χ1v) is 12.1. The zero-order valence-electron chi connectivity index (χ0n) is 20.4. The summed E-state index contributed by atoms with van der Waals surface area (Å²) in [6.07, 6.45) is 17.2. The molecule has 1 N–H and O–H groups in total. The molecule has 0 spiro atoms. The molecule has 0 atom stereocenters. The van der Waals surface area contributed by atoms with Crippen LogP contribution in [0.3, 0.4) is 0 Å². The largest absolute Gasteiger partial charge is 0.371 e. The van der Waals surface area contributed by atoms with Gasteiger partial charge < -0.3 is 10.2 Å². The summed E-state index contributed by atoms with van der Waals surface area (Å²) in [6, 6.07) is 17.9. The average molecular weight is 439 g/mol. The lowest BCUT2D eigenvalue weighted by atomic mass is 9.99. The van der Waals surface area contributed by atoms with Gasteiger partial charge >= 0.3 is 0 Å². The standard InChI is InChI=1S/C31H38N2/c1-5-8-13-26(12-6-2)24-32-30-18-20-33(21-19-30)31-17-11-16-28(23-31)25(4)22-29-15-10-9-14-27(29)7-3/h5-17,22-23,30,32H,3,18-21,24H2,1-2,4H3/b8-5-,12-6+,25-22+,26-13+. The number of hydrogen-bond donors (Lipinski definition) is 1. The molecule has 1 aliphatic rings. The van der Waals surface area contributed by atoms with Crippen molar-refractivity contribution in [2.24, 2.45) is 0 Å². The summed E-state index contributed by atoms with van der Waals surface area (Å²) in [5.41, 5.74) is 7.57. The third-order valence-electron chi connectivity index (χ3n) is 6.23. The number of nitrogens with one attached hydrogen (secondary N) is 1. The Morgan fingerprint density at radius 3 is 2.48 bits per heavy atom. The first-order chi connectivity index (χ1) is 16.1. The van der Waals surface area contributed by atoms with Crippen LogP contribution < -0.4 is 10.2 Å². The molecule has 2 heteroatoms. The van der Waals surface area contributed by atoms with Gasteiger partial charge in [-0.3, -0.25) is 0 Å². The van der Waals surface area contributed by atoms with Crippen LogP contribution >= 0.6 is 0 Å². The molecule has 0 aromatic heterocycles. The fraction of sp³-hybridized carbons (Fsp3) is 0.290. The molecule has 2 aromatic rings. The van der Waals surface area contributed by atoms with E-state index < -0.39 is 0 Å². The third kappa shape index (κ3) is 7.20. The van der Waals surface area contributed by atoms with Gasteiger partial charge in [-0.1, -0.05) is 85.5 Å². The molecular formula is C31H38N2. The first-order valence-electron chi connectivity index (χ1n) is 12.1. The van der Waals surface area contributed by atoms with Crippen LogP contribution in [0.25, 0.3) is 17.7 Å². The Bertz CT molecular complexity index is 1030. The van der Waals surface area contributed by atoms with Crippen molar-refractivity contribution >= 4 is 23.4 Å². The van der Waals surface area contributed by atoms with Gasteiger partial charge in [-0.15, -0.1) is 0 Å². The van der Waals surface area contributed by atoms with Crippen molar-refractivity contribution in [3.8, 4) is 0 Å². The molecule has 172 valence electrons. The Hall–Kier alpha value is -3.10. The SMILES string of the molecule is C=Cc1ccccc1/C=C(\C)c1cccc(N2CCC(NCC(/C=C/C)=C/C=C\C)CC2)c1. The predicted octanol–water partition coefficient (Wildman–Crippen LogP) is 7.53. The van der Waals surface area contributed by atoms with Crippen molar-refractivity contribution in [3.63, 3.8) is 0 Å². The molecule has 1 heterocycles. The third-order valence-corrected chi connectivity index (χ3v) is 6.23. The van der Waals surface area contributed by atoms with Gasteiger partial charge in [0.1, 0.15) is 0 Å². The molecule has 1 fully saturated rings. The van der Waals surface area contributed by atoms with E-state index in [-0.39, 0.29) is 0 Å². The molecule has 0 saturated carbocycles. The second kappa shape index (κ2) is 12.8. The number of hydrogen-bond acceptors (Lipinski definition) is 2. The van der Waals surface area contributed by atoms with Crippen LogP contribution in [-0.2, 0) is 0 Å². The number of piperidine rings is 1. The maximum Gasteiger partial charge on any atom is 0.0372 e. The van der Waals surface area contributed by atoms with Crippen molar-refractivity contribution in [1.82, 2.24) is 5.32 Å². The van der Waals surface area contributed by atoms with E-state index in [9.17, 15) is 0 Å². The smallest absolute Gasteiger partial charge is 0.0372 e. The van der Waals surface area contributed by atoms with E-state index in [1.165, 1.54) is 46.4 Å². The topological polar surface area (TPSA) is 15.3 Å². The normalized spacial score (nSPS) is 16.2. The van der Waals surface area contributed by atoms with Gasteiger partial charge in [0.05, 0.1) is 0 Å². The fourth-order valence-corrected chi connectivity index (χ4v) is 4.30. The molecule has 1 saturated heterocycles. The summed E-state index contributed by atoms with van der Waals surface area (Å²) >= 11 is 0. The highest BCUT2D eigenvalue weighted by atomic mass is 15.1. The van der Waals surface area contributed by atoms with Crippen LogP contribution in [0.4, 0.5) is 5.69 Å². The van der Waals surface area contributed by atoms with Crippen molar-refractivity contribution in [2.45, 2.75) is 39.7 Å². The highest BCUT2D eigenvalue weighted by Crippen LogP contribution is 2.26. The Labute approximate surface area is 200 Å². The minimum absolute atomic E-state index is 0.570. The molecule has 0 radical (unpaired) electrons. The van der Waals surface area contributed by atoms with Crippen molar-refractivity contribution < 1.29 is 0 Å². The molecule has 0 aliphatic carbocycles. The van der Waals surface area contributed by atoms with E-state index in [0.29, 0.717) is 6.04 Å². The van der Waals surface area contributed by atoms with Gasteiger partial charge in [-0.2, -0.15) is 0 Å². The van der Waals surface area contributed by atoms with E-state index in [4.69, 9.17) is 0 Å². The van der Waals surface area contributed by atoms with Gasteiger partial charge in [0.25, 0.3) is 0 Å². The number of nitrogens with zero attached hydrogens (tertiary/aromatic N) is 1. The number of benzene rings is 2. The van der Waals surface area contributed by atoms with Gasteiger partial charge in [0.2, 0.25) is 0 Å². The monoisotopic (exact) mass is 438 g/mol. The molecule has 2 nitrogen and oxygen atoms in total. The Morgan fingerprint density at radius 2 is 1.79 bits per heavy atom. The molecule has 0 unspecified atom stereocenters. The van der Waals surface area contributed by atoms with E-state index in [0.717, 1.165) is 19.6 Å².